The summed E-state index contributed by atoms with van der Waals surface area (Å²) in [6.45, 7) is 14.3. The number of nitriles is 1. The lowest BCUT2D eigenvalue weighted by molar-refractivity contribution is -0.199. The second-order valence-electron chi connectivity index (χ2n) is 18.6. The lowest BCUT2D eigenvalue weighted by Gasteiger charge is -2.65. The molecule has 6 aliphatic rings. The Morgan fingerprint density at radius 2 is 1.51 bits per heavy atom. The lowest BCUT2D eigenvalue weighted by Crippen LogP contribution is -2.74. The normalized spacial score (nSPS) is 25.0. The number of imide groups is 2. The van der Waals surface area contributed by atoms with Gasteiger partial charge in [0.1, 0.15) is 29.8 Å². The van der Waals surface area contributed by atoms with Crippen LogP contribution >= 0.6 is 11.6 Å². The monoisotopic (exact) mass is 849 g/mol. The minimum absolute atomic E-state index is 0.0782. The number of hydrogen-bond donors (Lipinski definition) is 1. The van der Waals surface area contributed by atoms with E-state index in [9.17, 15) is 29.2 Å². The molecule has 15 heteroatoms. The molecule has 1 saturated carbocycles. The Morgan fingerprint density at radius 1 is 0.820 bits per heavy atom. The van der Waals surface area contributed by atoms with E-state index in [0.717, 1.165) is 74.9 Å². The zero-order chi connectivity index (χ0) is 43.1. The number of ether oxygens (including phenoxy) is 1. The van der Waals surface area contributed by atoms with Crippen LogP contribution in [-0.2, 0) is 16.1 Å². The van der Waals surface area contributed by atoms with Gasteiger partial charge in [-0.2, -0.15) is 5.26 Å². The van der Waals surface area contributed by atoms with E-state index < -0.39 is 46.3 Å². The second kappa shape index (κ2) is 15.1. The molecule has 61 heavy (non-hydrogen) atoms. The zero-order valence-corrected chi connectivity index (χ0v) is 35.6. The molecule has 1 aliphatic carbocycles. The molecule has 3 saturated heterocycles. The van der Waals surface area contributed by atoms with Crippen LogP contribution in [0, 0.1) is 33.9 Å². The molecule has 5 amide bonds. The molecule has 0 bridgehead atoms. The fourth-order valence-corrected chi connectivity index (χ4v) is 11.6. The number of rotatable bonds is 8. The Kier molecular flexibility index (Phi) is 10.1. The molecule has 5 aliphatic heterocycles. The SMILES string of the molecule is CC1(C)C(Oc2ccc(C#N)c(Cl)c2)C(C)(C)C1N1Cc2cc(N3CCN(CC4CCN(c5ccc6c(c5)C(=O)N(C5CCC(=O)NC5=O)C6=O)CC4)CC3)cc(F)c2C1=O. The average Bonchev–Trinajstić information content (AvgIpc) is 3.67. The van der Waals surface area contributed by atoms with E-state index >= 15 is 4.39 Å². The molecular formula is C46H49ClFN7O6. The van der Waals surface area contributed by atoms with Gasteiger partial charge in [-0.3, -0.25) is 39.1 Å². The number of halogens is 2. The molecule has 0 spiro atoms. The summed E-state index contributed by atoms with van der Waals surface area (Å²) in [5.74, 6) is -1.77. The van der Waals surface area contributed by atoms with Gasteiger partial charge in [-0.1, -0.05) is 39.3 Å². The van der Waals surface area contributed by atoms with Crippen LogP contribution in [0.3, 0.4) is 0 Å². The van der Waals surface area contributed by atoms with Gasteiger partial charge in [0.2, 0.25) is 11.8 Å². The van der Waals surface area contributed by atoms with Gasteiger partial charge in [0.25, 0.3) is 17.7 Å². The van der Waals surface area contributed by atoms with Gasteiger partial charge in [0.15, 0.2) is 0 Å². The van der Waals surface area contributed by atoms with Gasteiger partial charge in [0.05, 0.1) is 27.3 Å². The summed E-state index contributed by atoms with van der Waals surface area (Å²) >= 11 is 6.29. The molecule has 3 aromatic carbocycles. The number of piperidine rings is 2. The minimum atomic E-state index is -0.990. The lowest BCUT2D eigenvalue weighted by atomic mass is 9.49. The summed E-state index contributed by atoms with van der Waals surface area (Å²) in [5, 5.41) is 11.8. The maximum Gasteiger partial charge on any atom is 0.262 e. The van der Waals surface area contributed by atoms with Crippen LogP contribution in [0.25, 0.3) is 0 Å². The predicted molar refractivity (Wildman–Crippen MR) is 225 cm³/mol. The first-order chi connectivity index (χ1) is 29.1. The van der Waals surface area contributed by atoms with Crippen LogP contribution < -0.4 is 19.9 Å². The number of amides is 5. The molecule has 1 N–H and O–H groups in total. The van der Waals surface area contributed by atoms with Crippen molar-refractivity contribution in [3.63, 3.8) is 0 Å². The Hall–Kier alpha value is -5.52. The van der Waals surface area contributed by atoms with E-state index in [1.807, 2.05) is 17.0 Å². The summed E-state index contributed by atoms with van der Waals surface area (Å²) in [5.41, 5.74) is 2.54. The van der Waals surface area contributed by atoms with Crippen LogP contribution in [-0.4, -0.2) is 108 Å². The van der Waals surface area contributed by atoms with E-state index in [-0.39, 0.29) is 47.6 Å². The first-order valence-corrected chi connectivity index (χ1v) is 21.5. The highest BCUT2D eigenvalue weighted by molar-refractivity contribution is 6.31. The number of carbonyl (C=O) groups is 5. The van der Waals surface area contributed by atoms with Gasteiger partial charge in [-0.05, 0) is 73.2 Å². The highest BCUT2D eigenvalue weighted by Crippen LogP contribution is 2.59. The topological polar surface area (TPSA) is 147 Å². The van der Waals surface area contributed by atoms with E-state index in [4.69, 9.17) is 16.3 Å². The summed E-state index contributed by atoms with van der Waals surface area (Å²) in [7, 11) is 0. The summed E-state index contributed by atoms with van der Waals surface area (Å²) in [6.07, 6.45) is 1.88. The van der Waals surface area contributed by atoms with Crippen molar-refractivity contribution in [3.05, 3.63) is 87.2 Å². The summed E-state index contributed by atoms with van der Waals surface area (Å²) in [6, 6.07) is 14.7. The van der Waals surface area contributed by atoms with Crippen molar-refractivity contribution >= 4 is 52.5 Å². The van der Waals surface area contributed by atoms with E-state index in [2.05, 4.69) is 53.8 Å². The van der Waals surface area contributed by atoms with E-state index in [1.165, 1.54) is 6.07 Å². The maximum absolute atomic E-state index is 15.9. The standard InChI is InChI=1S/C46H49ClFN7O6/c1-45(2)43(46(3,4)44(45)61-31-7-5-27(23-49)34(47)22-31)54-25-28-19-30(21-35(48)38(28)42(54)60)53-17-15-51(16-18-53)24-26-11-13-52(14-12-26)29-6-8-32-33(20-29)41(59)55(40(32)58)36-9-10-37(56)50-39(36)57/h5-8,19-22,26,36,43-44H,9-18,24-25H2,1-4H3,(H,50,56,57). The fraction of sp³-hybridized carbons (Fsp3) is 0.478. The van der Waals surface area contributed by atoms with Crippen molar-refractivity contribution in [1.82, 2.24) is 20.0 Å². The van der Waals surface area contributed by atoms with Crippen molar-refractivity contribution in [3.8, 4) is 11.8 Å². The molecule has 9 rings (SSSR count). The van der Waals surface area contributed by atoms with E-state index in [1.54, 1.807) is 30.3 Å². The average molecular weight is 850 g/mol. The molecule has 1 atom stereocenters. The largest absolute Gasteiger partial charge is 0.489 e. The third-order valence-electron chi connectivity index (χ3n) is 14.0. The molecule has 4 fully saturated rings. The number of carbonyl (C=O) groups excluding carboxylic acids is 5. The molecule has 318 valence electrons. The van der Waals surface area contributed by atoms with Crippen LogP contribution in [0.15, 0.2) is 48.5 Å². The first kappa shape index (κ1) is 40.9. The zero-order valence-electron chi connectivity index (χ0n) is 34.8. The minimum Gasteiger partial charge on any atom is -0.489 e. The highest BCUT2D eigenvalue weighted by atomic mass is 35.5. The van der Waals surface area contributed by atoms with Crippen molar-refractivity contribution in [1.29, 1.82) is 5.26 Å². The quantitative estimate of drug-likeness (QED) is 0.283. The smallest absolute Gasteiger partial charge is 0.262 e. The van der Waals surface area contributed by atoms with Gasteiger partial charge in [-0.15, -0.1) is 0 Å². The molecule has 3 aromatic rings. The van der Waals surface area contributed by atoms with Crippen molar-refractivity contribution in [2.24, 2.45) is 16.7 Å². The van der Waals surface area contributed by atoms with Crippen LogP contribution in [0.2, 0.25) is 5.02 Å². The van der Waals surface area contributed by atoms with Crippen molar-refractivity contribution < 1.29 is 33.1 Å². The number of anilines is 2. The van der Waals surface area contributed by atoms with Crippen LogP contribution in [0.4, 0.5) is 15.8 Å². The number of hydrogen-bond acceptors (Lipinski definition) is 10. The number of benzene rings is 3. The number of fused-ring (bicyclic) bond motifs is 2. The Labute approximate surface area is 359 Å². The van der Waals surface area contributed by atoms with Crippen molar-refractivity contribution in [2.45, 2.75) is 78.1 Å². The molecule has 1 unspecified atom stereocenters. The molecule has 13 nitrogen and oxygen atoms in total. The molecule has 5 heterocycles. The van der Waals surface area contributed by atoms with Crippen LogP contribution in [0.1, 0.15) is 95.6 Å². The molecule has 0 aromatic heterocycles. The van der Waals surface area contributed by atoms with E-state index in [0.29, 0.717) is 34.4 Å². The highest BCUT2D eigenvalue weighted by Gasteiger charge is 2.67. The Morgan fingerprint density at radius 3 is 2.18 bits per heavy atom. The Balaban J connectivity index is 0.780. The second-order valence-corrected chi connectivity index (χ2v) is 19.0. The van der Waals surface area contributed by atoms with Gasteiger partial charge in [0, 0.05) is 93.1 Å². The maximum atomic E-state index is 15.9. The van der Waals surface area contributed by atoms with Gasteiger partial charge in [-0.25, -0.2) is 4.39 Å². The van der Waals surface area contributed by atoms with Crippen molar-refractivity contribution in [2.75, 3.05) is 55.6 Å². The third kappa shape index (κ3) is 6.90. The predicted octanol–water partition coefficient (Wildman–Crippen LogP) is 5.63. The Bertz CT molecular complexity index is 2400. The first-order valence-electron chi connectivity index (χ1n) is 21.1. The molecular weight excluding hydrogens is 801 g/mol. The fourth-order valence-electron chi connectivity index (χ4n) is 11.4. The van der Waals surface area contributed by atoms with Crippen LogP contribution in [0.5, 0.6) is 5.75 Å². The summed E-state index contributed by atoms with van der Waals surface area (Å²) < 4.78 is 22.4. The number of nitrogens with zero attached hydrogens (tertiary/aromatic N) is 6. The summed E-state index contributed by atoms with van der Waals surface area (Å²) in [4.78, 5) is 74.3. The number of nitrogens with one attached hydrogen (secondary N) is 1. The van der Waals surface area contributed by atoms with Gasteiger partial charge >= 0.3 is 0 Å². The van der Waals surface area contributed by atoms with Gasteiger partial charge < -0.3 is 19.4 Å². The third-order valence-corrected chi connectivity index (χ3v) is 14.3. The molecule has 0 radical (unpaired) electrons. The number of piperazine rings is 1.